The van der Waals surface area contributed by atoms with Crippen molar-refractivity contribution in [2.24, 2.45) is 0 Å². The zero-order valence-electron chi connectivity index (χ0n) is 13.7. The third-order valence-corrected chi connectivity index (χ3v) is 4.00. The lowest BCUT2D eigenvalue weighted by Gasteiger charge is -2.11. The van der Waals surface area contributed by atoms with Crippen molar-refractivity contribution in [3.8, 4) is 0 Å². The summed E-state index contributed by atoms with van der Waals surface area (Å²) in [6, 6.07) is 9.46. The van der Waals surface area contributed by atoms with Crippen LogP contribution in [0.3, 0.4) is 0 Å². The van der Waals surface area contributed by atoms with Crippen molar-refractivity contribution < 1.29 is 19.5 Å². The van der Waals surface area contributed by atoms with Gasteiger partial charge in [-0.2, -0.15) is 0 Å². The predicted octanol–water partition coefficient (Wildman–Crippen LogP) is 3.11. The zero-order valence-corrected chi connectivity index (χ0v) is 15.2. The van der Waals surface area contributed by atoms with Gasteiger partial charge in [-0.1, -0.05) is 29.3 Å². The number of guanidine groups is 1. The molecule has 0 aromatic heterocycles. The van der Waals surface area contributed by atoms with Crippen LogP contribution in [0.5, 0.6) is 0 Å². The number of nitrogens with one attached hydrogen (secondary N) is 4. The average molecular weight is 409 g/mol. The summed E-state index contributed by atoms with van der Waals surface area (Å²) in [5.74, 6) is -2.21. The van der Waals surface area contributed by atoms with Crippen LogP contribution in [0.2, 0.25) is 10.0 Å². The van der Waals surface area contributed by atoms with E-state index in [4.69, 9.17) is 33.7 Å². The van der Waals surface area contributed by atoms with E-state index in [9.17, 15) is 14.4 Å². The quantitative estimate of drug-likeness (QED) is 0.392. The van der Waals surface area contributed by atoms with E-state index in [1.165, 1.54) is 24.3 Å². The molecule has 0 atom stereocenters. The van der Waals surface area contributed by atoms with Gasteiger partial charge in [0.25, 0.3) is 0 Å². The fraction of sp³-hybridized carbons (Fsp3) is 0.0588. The normalized spacial score (nSPS) is 10.0. The molecule has 10 heteroatoms. The van der Waals surface area contributed by atoms with E-state index in [1.54, 1.807) is 18.2 Å². The van der Waals surface area contributed by atoms with Crippen molar-refractivity contribution in [3.05, 3.63) is 63.6 Å². The van der Waals surface area contributed by atoms with Crippen LogP contribution < -0.4 is 16.0 Å². The third kappa shape index (κ3) is 5.98. The third-order valence-electron chi connectivity index (χ3n) is 3.29. The van der Waals surface area contributed by atoms with Crippen LogP contribution in [0.15, 0.2) is 42.5 Å². The first-order chi connectivity index (χ1) is 12.8. The van der Waals surface area contributed by atoms with E-state index in [-0.39, 0.29) is 12.0 Å². The molecule has 0 spiro atoms. The molecule has 0 saturated carbocycles. The minimum absolute atomic E-state index is 0.0687. The number of hydrogen-bond donors (Lipinski definition) is 5. The highest BCUT2D eigenvalue weighted by Gasteiger charge is 2.13. The Morgan fingerprint density at radius 3 is 2.11 bits per heavy atom. The van der Waals surface area contributed by atoms with E-state index in [1.807, 2.05) is 0 Å². The van der Waals surface area contributed by atoms with Gasteiger partial charge in [0.05, 0.1) is 12.0 Å². The SMILES string of the molecule is N=C(NC(=O)Cc1c(Cl)cccc1Cl)NC(=O)Nc1ccc(C(=O)O)cc1. The van der Waals surface area contributed by atoms with Gasteiger partial charge in [0.1, 0.15) is 0 Å². The number of carbonyl (C=O) groups is 3. The molecule has 2 aromatic rings. The van der Waals surface area contributed by atoms with Gasteiger partial charge in [-0.15, -0.1) is 0 Å². The summed E-state index contributed by atoms with van der Waals surface area (Å²) in [6.45, 7) is 0. The van der Waals surface area contributed by atoms with E-state index in [2.05, 4.69) is 16.0 Å². The number of halogens is 2. The Balaban J connectivity index is 1.86. The molecule has 8 nitrogen and oxygen atoms in total. The molecule has 2 rings (SSSR count). The van der Waals surface area contributed by atoms with Gasteiger partial charge in [-0.3, -0.25) is 20.8 Å². The molecule has 0 bridgehead atoms. The number of aromatic carboxylic acids is 1. The van der Waals surface area contributed by atoms with Gasteiger partial charge < -0.3 is 10.4 Å². The van der Waals surface area contributed by atoms with E-state index >= 15 is 0 Å². The molecule has 0 aliphatic rings. The fourth-order valence-electron chi connectivity index (χ4n) is 2.05. The lowest BCUT2D eigenvalue weighted by Crippen LogP contribution is -2.45. The first-order valence-corrected chi connectivity index (χ1v) is 8.24. The van der Waals surface area contributed by atoms with Crippen molar-refractivity contribution in [1.82, 2.24) is 10.6 Å². The number of carbonyl (C=O) groups excluding carboxylic acids is 2. The Hall–Kier alpha value is -3.10. The van der Waals surface area contributed by atoms with E-state index in [0.29, 0.717) is 21.3 Å². The summed E-state index contributed by atoms with van der Waals surface area (Å²) < 4.78 is 0. The standard InChI is InChI=1S/C17H14Cl2N4O4/c18-12-2-1-3-13(19)11(12)8-14(24)22-16(20)23-17(27)21-10-6-4-9(5-7-10)15(25)26/h1-7H,8H2,(H,25,26)(H4,20,21,22,23,24,27). The van der Waals surface area contributed by atoms with Gasteiger partial charge in [-0.05, 0) is 42.0 Å². The number of anilines is 1. The summed E-state index contributed by atoms with van der Waals surface area (Å²) in [4.78, 5) is 34.6. The molecule has 0 aliphatic heterocycles. The summed E-state index contributed by atoms with van der Waals surface area (Å²) in [5, 5.41) is 23.8. The second kappa shape index (κ2) is 9.02. The Labute approximate surface area is 164 Å². The number of carboxylic acids is 1. The van der Waals surface area contributed by atoms with Crippen LogP contribution in [0.1, 0.15) is 15.9 Å². The van der Waals surface area contributed by atoms with Gasteiger partial charge in [-0.25, -0.2) is 9.59 Å². The Bertz CT molecular complexity index is 880. The smallest absolute Gasteiger partial charge is 0.335 e. The maximum absolute atomic E-state index is 12.0. The number of rotatable bonds is 4. The second-order valence-corrected chi connectivity index (χ2v) is 6.08. The number of amides is 3. The van der Waals surface area contributed by atoms with E-state index < -0.39 is 23.9 Å². The van der Waals surface area contributed by atoms with Crippen LogP contribution in [0.25, 0.3) is 0 Å². The van der Waals surface area contributed by atoms with Gasteiger partial charge in [0, 0.05) is 15.7 Å². The van der Waals surface area contributed by atoms with Crippen molar-refractivity contribution in [2.75, 3.05) is 5.32 Å². The maximum Gasteiger partial charge on any atom is 0.335 e. The molecule has 0 saturated heterocycles. The second-order valence-electron chi connectivity index (χ2n) is 5.26. The Morgan fingerprint density at radius 1 is 0.963 bits per heavy atom. The molecular formula is C17H14Cl2N4O4. The molecule has 0 unspecified atom stereocenters. The van der Waals surface area contributed by atoms with Crippen molar-refractivity contribution in [2.45, 2.75) is 6.42 Å². The largest absolute Gasteiger partial charge is 0.478 e. The molecule has 2 aromatic carbocycles. The topological polar surface area (TPSA) is 131 Å². The highest BCUT2D eigenvalue weighted by molar-refractivity contribution is 6.36. The van der Waals surface area contributed by atoms with Crippen LogP contribution in [-0.4, -0.2) is 29.0 Å². The van der Waals surface area contributed by atoms with Crippen LogP contribution in [0.4, 0.5) is 10.5 Å². The molecule has 0 heterocycles. The summed E-state index contributed by atoms with van der Waals surface area (Å²) in [5.41, 5.74) is 0.799. The number of hydrogen-bond acceptors (Lipinski definition) is 4. The minimum atomic E-state index is -1.09. The van der Waals surface area contributed by atoms with Crippen molar-refractivity contribution >= 4 is 52.8 Å². The molecule has 0 radical (unpaired) electrons. The average Bonchev–Trinajstić information content (AvgIpc) is 2.58. The Morgan fingerprint density at radius 2 is 1.56 bits per heavy atom. The summed E-state index contributed by atoms with van der Waals surface area (Å²) in [7, 11) is 0. The molecule has 3 amide bonds. The van der Waals surface area contributed by atoms with Gasteiger partial charge in [0.15, 0.2) is 0 Å². The molecular weight excluding hydrogens is 395 g/mol. The molecule has 5 N–H and O–H groups in total. The first kappa shape index (κ1) is 20.2. The first-order valence-electron chi connectivity index (χ1n) is 7.49. The van der Waals surface area contributed by atoms with Crippen LogP contribution >= 0.6 is 23.2 Å². The minimum Gasteiger partial charge on any atom is -0.478 e. The highest BCUT2D eigenvalue weighted by Crippen LogP contribution is 2.24. The number of urea groups is 1. The lowest BCUT2D eigenvalue weighted by molar-refractivity contribution is -0.119. The predicted molar refractivity (Wildman–Crippen MR) is 102 cm³/mol. The molecule has 0 aliphatic carbocycles. The zero-order chi connectivity index (χ0) is 20.0. The monoisotopic (exact) mass is 408 g/mol. The molecule has 0 fully saturated rings. The van der Waals surface area contributed by atoms with Crippen molar-refractivity contribution in [1.29, 1.82) is 5.41 Å². The van der Waals surface area contributed by atoms with Crippen LogP contribution in [-0.2, 0) is 11.2 Å². The number of carboxylic acid groups (broad SMARTS) is 1. The lowest BCUT2D eigenvalue weighted by atomic mass is 10.1. The number of benzene rings is 2. The van der Waals surface area contributed by atoms with E-state index in [0.717, 1.165) is 0 Å². The fourth-order valence-corrected chi connectivity index (χ4v) is 2.58. The molecule has 140 valence electrons. The van der Waals surface area contributed by atoms with Gasteiger partial charge in [0.2, 0.25) is 11.9 Å². The summed E-state index contributed by atoms with van der Waals surface area (Å²) >= 11 is 12.0. The molecule has 27 heavy (non-hydrogen) atoms. The van der Waals surface area contributed by atoms with Crippen LogP contribution in [0, 0.1) is 5.41 Å². The highest BCUT2D eigenvalue weighted by atomic mass is 35.5. The summed E-state index contributed by atoms with van der Waals surface area (Å²) in [6.07, 6.45) is -0.166. The van der Waals surface area contributed by atoms with Crippen molar-refractivity contribution in [3.63, 3.8) is 0 Å². The maximum atomic E-state index is 12.0. The Kier molecular flexibility index (Phi) is 6.75. The van der Waals surface area contributed by atoms with Gasteiger partial charge >= 0.3 is 12.0 Å².